The molecule has 1 amide bonds. The zero-order chi connectivity index (χ0) is 15.8. The van der Waals surface area contributed by atoms with Crippen LogP contribution in [0, 0.1) is 0 Å². The van der Waals surface area contributed by atoms with Gasteiger partial charge in [-0.05, 0) is 18.2 Å². The number of thioether (sulfide) groups is 1. The molecule has 1 aromatic carbocycles. The van der Waals surface area contributed by atoms with Gasteiger partial charge in [0, 0.05) is 31.4 Å². The molecule has 1 aliphatic heterocycles. The van der Waals surface area contributed by atoms with Crippen molar-refractivity contribution in [2.45, 2.75) is 31.2 Å². The summed E-state index contributed by atoms with van der Waals surface area (Å²) in [6.45, 7) is 5.93. The minimum atomic E-state index is -0.345. The average Bonchev–Trinajstić information content (AvgIpc) is 2.55. The maximum atomic E-state index is 12.2. The number of amides is 1. The summed E-state index contributed by atoms with van der Waals surface area (Å²) in [6, 6.07) is 10.4. The van der Waals surface area contributed by atoms with Crippen LogP contribution in [0.3, 0.4) is 0 Å². The SMILES string of the molecule is CSC(C)CCNC(=O)C1CN(Cc2ccccc2)CCO1. The van der Waals surface area contributed by atoms with E-state index in [2.05, 4.69) is 35.5 Å². The highest BCUT2D eigenvalue weighted by molar-refractivity contribution is 7.99. The number of nitrogens with zero attached hydrogens (tertiary/aromatic N) is 1. The van der Waals surface area contributed by atoms with E-state index in [9.17, 15) is 4.79 Å². The number of benzene rings is 1. The van der Waals surface area contributed by atoms with E-state index in [1.54, 1.807) is 0 Å². The van der Waals surface area contributed by atoms with E-state index in [4.69, 9.17) is 4.74 Å². The Balaban J connectivity index is 1.76. The van der Waals surface area contributed by atoms with E-state index in [0.29, 0.717) is 18.4 Å². The van der Waals surface area contributed by atoms with Gasteiger partial charge in [0.05, 0.1) is 6.61 Å². The van der Waals surface area contributed by atoms with Crippen LogP contribution in [0.4, 0.5) is 0 Å². The smallest absolute Gasteiger partial charge is 0.250 e. The molecule has 122 valence electrons. The highest BCUT2D eigenvalue weighted by Crippen LogP contribution is 2.11. The Morgan fingerprint density at radius 2 is 2.23 bits per heavy atom. The van der Waals surface area contributed by atoms with Gasteiger partial charge in [-0.3, -0.25) is 9.69 Å². The molecule has 22 heavy (non-hydrogen) atoms. The second-order valence-corrected chi connectivity index (χ2v) is 6.98. The normalized spacial score (nSPS) is 20.5. The van der Waals surface area contributed by atoms with Crippen molar-refractivity contribution in [2.24, 2.45) is 0 Å². The predicted octanol–water partition coefficient (Wildman–Crippen LogP) is 2.15. The molecule has 5 heteroatoms. The fourth-order valence-corrected chi connectivity index (χ4v) is 2.83. The van der Waals surface area contributed by atoms with E-state index in [1.165, 1.54) is 5.56 Å². The molecule has 2 atom stereocenters. The maximum absolute atomic E-state index is 12.2. The fourth-order valence-electron chi connectivity index (χ4n) is 2.48. The molecule has 0 aromatic heterocycles. The average molecular weight is 322 g/mol. The molecular weight excluding hydrogens is 296 g/mol. The highest BCUT2D eigenvalue weighted by atomic mass is 32.2. The van der Waals surface area contributed by atoms with Crippen molar-refractivity contribution in [3.8, 4) is 0 Å². The van der Waals surface area contributed by atoms with Gasteiger partial charge in [-0.1, -0.05) is 37.3 Å². The molecule has 1 fully saturated rings. The first-order valence-electron chi connectivity index (χ1n) is 7.87. The molecule has 1 N–H and O–H groups in total. The van der Waals surface area contributed by atoms with Gasteiger partial charge in [0.25, 0.3) is 0 Å². The Kier molecular flexibility index (Phi) is 7.22. The quantitative estimate of drug-likeness (QED) is 0.835. The van der Waals surface area contributed by atoms with Crippen molar-refractivity contribution >= 4 is 17.7 Å². The number of carbonyl (C=O) groups excluding carboxylic acids is 1. The molecule has 1 aromatic rings. The minimum Gasteiger partial charge on any atom is -0.366 e. The maximum Gasteiger partial charge on any atom is 0.250 e. The largest absolute Gasteiger partial charge is 0.366 e. The lowest BCUT2D eigenvalue weighted by atomic mass is 10.2. The Bertz CT molecular complexity index is 455. The third kappa shape index (κ3) is 5.63. The Labute approximate surface area is 137 Å². The van der Waals surface area contributed by atoms with Gasteiger partial charge in [0.1, 0.15) is 6.10 Å². The lowest BCUT2D eigenvalue weighted by molar-refractivity contribution is -0.138. The number of carbonyl (C=O) groups is 1. The monoisotopic (exact) mass is 322 g/mol. The number of ether oxygens (including phenoxy) is 1. The first-order valence-corrected chi connectivity index (χ1v) is 9.16. The first-order chi connectivity index (χ1) is 10.7. The van der Waals surface area contributed by atoms with Crippen LogP contribution in [-0.4, -0.2) is 54.7 Å². The Morgan fingerprint density at radius 3 is 2.95 bits per heavy atom. The van der Waals surface area contributed by atoms with E-state index in [-0.39, 0.29) is 12.0 Å². The molecule has 1 heterocycles. The molecule has 0 aliphatic carbocycles. The molecule has 1 aliphatic rings. The van der Waals surface area contributed by atoms with Gasteiger partial charge in [-0.2, -0.15) is 11.8 Å². The van der Waals surface area contributed by atoms with E-state index >= 15 is 0 Å². The van der Waals surface area contributed by atoms with Crippen molar-refractivity contribution in [2.75, 3.05) is 32.5 Å². The van der Waals surface area contributed by atoms with Crippen LogP contribution >= 0.6 is 11.8 Å². The number of hydrogen-bond donors (Lipinski definition) is 1. The highest BCUT2D eigenvalue weighted by Gasteiger charge is 2.26. The topological polar surface area (TPSA) is 41.6 Å². The predicted molar refractivity (Wildman–Crippen MR) is 92.1 cm³/mol. The minimum absolute atomic E-state index is 0.0195. The van der Waals surface area contributed by atoms with Crippen LogP contribution in [0.25, 0.3) is 0 Å². The third-order valence-corrected chi connectivity index (χ3v) is 4.98. The van der Waals surface area contributed by atoms with Crippen LogP contribution in [0.15, 0.2) is 30.3 Å². The summed E-state index contributed by atoms with van der Waals surface area (Å²) in [5.74, 6) is 0.0195. The van der Waals surface area contributed by atoms with Crippen molar-refractivity contribution in [3.05, 3.63) is 35.9 Å². The van der Waals surface area contributed by atoms with Crippen LogP contribution < -0.4 is 5.32 Å². The fraction of sp³-hybridized carbons (Fsp3) is 0.588. The summed E-state index contributed by atoms with van der Waals surface area (Å²) in [6.07, 6.45) is 2.74. The van der Waals surface area contributed by atoms with Gasteiger partial charge in [0.15, 0.2) is 0 Å². The van der Waals surface area contributed by atoms with Crippen LogP contribution in [0.2, 0.25) is 0 Å². The lowest BCUT2D eigenvalue weighted by Gasteiger charge is -2.32. The molecule has 0 radical (unpaired) electrons. The summed E-state index contributed by atoms with van der Waals surface area (Å²) in [5, 5.41) is 3.57. The number of morpholine rings is 1. The molecular formula is C17H26N2O2S. The zero-order valence-corrected chi connectivity index (χ0v) is 14.3. The Hall–Kier alpha value is -1.04. The van der Waals surface area contributed by atoms with Gasteiger partial charge >= 0.3 is 0 Å². The molecule has 0 bridgehead atoms. The summed E-state index contributed by atoms with van der Waals surface area (Å²) < 4.78 is 5.63. The molecule has 0 spiro atoms. The van der Waals surface area contributed by atoms with Gasteiger partial charge in [-0.25, -0.2) is 0 Å². The standard InChI is InChI=1S/C17H26N2O2S/c1-14(22-2)8-9-18-17(20)16-13-19(10-11-21-16)12-15-6-4-3-5-7-15/h3-7,14,16H,8-13H2,1-2H3,(H,18,20). The van der Waals surface area contributed by atoms with Crippen LogP contribution in [-0.2, 0) is 16.1 Å². The molecule has 0 saturated carbocycles. The van der Waals surface area contributed by atoms with Gasteiger partial charge in [0.2, 0.25) is 5.91 Å². The zero-order valence-electron chi connectivity index (χ0n) is 13.5. The lowest BCUT2D eigenvalue weighted by Crippen LogP contribution is -2.49. The number of nitrogens with one attached hydrogen (secondary N) is 1. The second-order valence-electron chi connectivity index (χ2n) is 5.71. The summed E-state index contributed by atoms with van der Waals surface area (Å²) in [7, 11) is 0. The van der Waals surface area contributed by atoms with Crippen LogP contribution in [0.5, 0.6) is 0 Å². The third-order valence-electron chi connectivity index (χ3n) is 3.94. The molecule has 2 unspecified atom stereocenters. The van der Waals surface area contributed by atoms with Gasteiger partial charge in [-0.15, -0.1) is 0 Å². The van der Waals surface area contributed by atoms with Crippen molar-refractivity contribution in [1.29, 1.82) is 0 Å². The first kappa shape index (κ1) is 17.3. The van der Waals surface area contributed by atoms with Gasteiger partial charge < -0.3 is 10.1 Å². The van der Waals surface area contributed by atoms with Crippen molar-refractivity contribution in [3.63, 3.8) is 0 Å². The summed E-state index contributed by atoms with van der Waals surface area (Å²) >= 11 is 1.82. The molecule has 1 saturated heterocycles. The van der Waals surface area contributed by atoms with Crippen molar-refractivity contribution < 1.29 is 9.53 Å². The Morgan fingerprint density at radius 1 is 1.45 bits per heavy atom. The summed E-state index contributed by atoms with van der Waals surface area (Å²) in [5.41, 5.74) is 1.28. The number of rotatable bonds is 7. The van der Waals surface area contributed by atoms with E-state index in [0.717, 1.165) is 26.1 Å². The van der Waals surface area contributed by atoms with Crippen molar-refractivity contribution in [1.82, 2.24) is 10.2 Å². The number of hydrogen-bond acceptors (Lipinski definition) is 4. The summed E-state index contributed by atoms with van der Waals surface area (Å²) in [4.78, 5) is 14.5. The molecule has 4 nitrogen and oxygen atoms in total. The second kappa shape index (κ2) is 9.18. The van der Waals surface area contributed by atoms with Crippen LogP contribution in [0.1, 0.15) is 18.9 Å². The van der Waals surface area contributed by atoms with E-state index < -0.39 is 0 Å². The molecule has 2 rings (SSSR count). The van der Waals surface area contributed by atoms with E-state index in [1.807, 2.05) is 30.0 Å².